The van der Waals surface area contributed by atoms with Crippen LogP contribution < -0.4 is 5.73 Å². The van der Waals surface area contributed by atoms with Gasteiger partial charge in [0.05, 0.1) is 23.2 Å². The SMILES string of the molecule is NCc1ccc(C(=O)Cc2nc3ccccc3s2)o1. The molecule has 19 heavy (non-hydrogen) atoms. The van der Waals surface area contributed by atoms with Crippen LogP contribution in [-0.4, -0.2) is 10.8 Å². The Morgan fingerprint density at radius 2 is 2.11 bits per heavy atom. The number of nitrogens with zero attached hydrogens (tertiary/aromatic N) is 1. The minimum Gasteiger partial charge on any atom is -0.457 e. The lowest BCUT2D eigenvalue weighted by atomic mass is 10.2. The Morgan fingerprint density at radius 1 is 1.26 bits per heavy atom. The number of ketones is 1. The summed E-state index contributed by atoms with van der Waals surface area (Å²) in [4.78, 5) is 16.5. The third-order valence-electron chi connectivity index (χ3n) is 2.79. The second-order valence-corrected chi connectivity index (χ2v) is 5.26. The summed E-state index contributed by atoms with van der Waals surface area (Å²) in [6, 6.07) is 11.2. The third-order valence-corrected chi connectivity index (χ3v) is 3.82. The summed E-state index contributed by atoms with van der Waals surface area (Å²) in [5, 5.41) is 0.803. The van der Waals surface area contributed by atoms with E-state index in [4.69, 9.17) is 10.2 Å². The standard InChI is InChI=1S/C14H12N2O2S/c15-8-9-5-6-12(18-9)11(17)7-14-16-10-3-1-2-4-13(10)19-14/h1-6H,7-8,15H2. The first kappa shape index (κ1) is 12.1. The molecule has 2 heterocycles. The molecular weight excluding hydrogens is 260 g/mol. The van der Waals surface area contributed by atoms with Gasteiger partial charge in [-0.25, -0.2) is 4.98 Å². The highest BCUT2D eigenvalue weighted by Gasteiger charge is 2.14. The van der Waals surface area contributed by atoms with Gasteiger partial charge >= 0.3 is 0 Å². The summed E-state index contributed by atoms with van der Waals surface area (Å²) >= 11 is 1.53. The highest BCUT2D eigenvalue weighted by Crippen LogP contribution is 2.23. The molecule has 0 aliphatic heterocycles. The van der Waals surface area contributed by atoms with Crippen LogP contribution in [0.5, 0.6) is 0 Å². The van der Waals surface area contributed by atoms with E-state index in [1.807, 2.05) is 24.3 Å². The number of hydrogen-bond acceptors (Lipinski definition) is 5. The number of rotatable bonds is 4. The molecular formula is C14H12N2O2S. The molecule has 96 valence electrons. The van der Waals surface area contributed by atoms with E-state index in [1.54, 1.807) is 12.1 Å². The minimum atomic E-state index is -0.0706. The molecule has 0 spiro atoms. The van der Waals surface area contributed by atoms with Crippen molar-refractivity contribution in [2.24, 2.45) is 5.73 Å². The van der Waals surface area contributed by atoms with Gasteiger partial charge < -0.3 is 10.2 Å². The lowest BCUT2D eigenvalue weighted by Crippen LogP contribution is -2.01. The topological polar surface area (TPSA) is 69.1 Å². The van der Waals surface area contributed by atoms with E-state index >= 15 is 0 Å². The van der Waals surface area contributed by atoms with Crippen LogP contribution in [0.4, 0.5) is 0 Å². The number of carbonyl (C=O) groups is 1. The third kappa shape index (κ3) is 2.43. The molecule has 0 unspecified atom stereocenters. The van der Waals surface area contributed by atoms with Crippen LogP contribution in [-0.2, 0) is 13.0 Å². The smallest absolute Gasteiger partial charge is 0.204 e. The van der Waals surface area contributed by atoms with Crippen molar-refractivity contribution < 1.29 is 9.21 Å². The molecule has 0 saturated heterocycles. The van der Waals surface area contributed by atoms with Gasteiger partial charge in [-0.2, -0.15) is 0 Å². The number of hydrogen-bond donors (Lipinski definition) is 1. The first-order valence-electron chi connectivity index (χ1n) is 5.92. The van der Waals surface area contributed by atoms with Gasteiger partial charge in [0.2, 0.25) is 5.78 Å². The van der Waals surface area contributed by atoms with Crippen molar-refractivity contribution >= 4 is 27.3 Å². The fraction of sp³-hybridized carbons (Fsp3) is 0.143. The molecule has 5 heteroatoms. The monoisotopic (exact) mass is 272 g/mol. The number of furan rings is 1. The summed E-state index contributed by atoms with van der Waals surface area (Å²) in [6.45, 7) is 0.300. The van der Waals surface area contributed by atoms with E-state index in [0.717, 1.165) is 15.2 Å². The van der Waals surface area contributed by atoms with Crippen molar-refractivity contribution in [3.63, 3.8) is 0 Å². The van der Waals surface area contributed by atoms with Crippen molar-refractivity contribution in [3.8, 4) is 0 Å². The van der Waals surface area contributed by atoms with Crippen LogP contribution in [0.15, 0.2) is 40.8 Å². The Kier molecular flexibility index (Phi) is 3.15. The fourth-order valence-electron chi connectivity index (χ4n) is 1.86. The maximum atomic E-state index is 12.1. The van der Waals surface area contributed by atoms with Crippen molar-refractivity contribution in [1.29, 1.82) is 0 Å². The lowest BCUT2D eigenvalue weighted by molar-refractivity contribution is 0.0964. The largest absolute Gasteiger partial charge is 0.457 e. The Morgan fingerprint density at radius 3 is 2.84 bits per heavy atom. The van der Waals surface area contributed by atoms with Gasteiger partial charge in [0, 0.05) is 0 Å². The van der Waals surface area contributed by atoms with Gasteiger partial charge in [-0.15, -0.1) is 11.3 Å². The van der Waals surface area contributed by atoms with Crippen molar-refractivity contribution in [2.45, 2.75) is 13.0 Å². The Balaban J connectivity index is 1.82. The zero-order valence-corrected chi connectivity index (χ0v) is 10.9. The van der Waals surface area contributed by atoms with Crippen LogP contribution in [0.3, 0.4) is 0 Å². The molecule has 3 aromatic rings. The number of carbonyl (C=O) groups excluding carboxylic acids is 1. The van der Waals surface area contributed by atoms with Crippen LogP contribution in [0.25, 0.3) is 10.2 Å². The van der Waals surface area contributed by atoms with Gasteiger partial charge in [-0.05, 0) is 24.3 Å². The van der Waals surface area contributed by atoms with Crippen LogP contribution >= 0.6 is 11.3 Å². The number of thiazole rings is 1. The zero-order valence-electron chi connectivity index (χ0n) is 10.1. The average molecular weight is 272 g/mol. The highest BCUT2D eigenvalue weighted by atomic mass is 32.1. The number of aromatic nitrogens is 1. The van der Waals surface area contributed by atoms with Gasteiger partial charge in [0.15, 0.2) is 5.76 Å². The number of nitrogens with two attached hydrogens (primary N) is 1. The number of Topliss-reactive ketones (excluding diaryl/α,β-unsaturated/α-hetero) is 1. The fourth-order valence-corrected chi connectivity index (χ4v) is 2.82. The molecule has 2 aromatic heterocycles. The van der Waals surface area contributed by atoms with E-state index in [9.17, 15) is 4.79 Å². The quantitative estimate of drug-likeness (QED) is 0.741. The molecule has 0 saturated carbocycles. The molecule has 0 bridgehead atoms. The number of fused-ring (bicyclic) bond motifs is 1. The summed E-state index contributed by atoms with van der Waals surface area (Å²) in [5.41, 5.74) is 6.38. The Hall–Kier alpha value is -1.98. The predicted molar refractivity (Wildman–Crippen MR) is 74.3 cm³/mol. The van der Waals surface area contributed by atoms with Gasteiger partial charge in [-0.1, -0.05) is 12.1 Å². The second kappa shape index (κ2) is 4.95. The van der Waals surface area contributed by atoms with E-state index in [-0.39, 0.29) is 12.2 Å². The van der Waals surface area contributed by atoms with Crippen LogP contribution in [0.1, 0.15) is 21.3 Å². The van der Waals surface area contributed by atoms with Gasteiger partial charge in [0.1, 0.15) is 10.8 Å². The molecule has 2 N–H and O–H groups in total. The van der Waals surface area contributed by atoms with E-state index < -0.39 is 0 Å². The Labute approximate surface area is 113 Å². The summed E-state index contributed by atoms with van der Waals surface area (Å²) in [6.07, 6.45) is 0.261. The predicted octanol–water partition coefficient (Wildman–Crippen LogP) is 2.77. The highest BCUT2D eigenvalue weighted by molar-refractivity contribution is 7.18. The first-order chi connectivity index (χ1) is 9.26. The molecule has 3 rings (SSSR count). The molecule has 0 fully saturated rings. The summed E-state index contributed by atoms with van der Waals surface area (Å²) in [5.74, 6) is 0.895. The van der Waals surface area contributed by atoms with E-state index in [0.29, 0.717) is 18.1 Å². The van der Waals surface area contributed by atoms with E-state index in [2.05, 4.69) is 4.98 Å². The molecule has 0 aliphatic carbocycles. The first-order valence-corrected chi connectivity index (χ1v) is 6.74. The molecule has 4 nitrogen and oxygen atoms in total. The Bertz CT molecular complexity index is 697. The second-order valence-electron chi connectivity index (χ2n) is 4.15. The van der Waals surface area contributed by atoms with E-state index in [1.165, 1.54) is 11.3 Å². The maximum Gasteiger partial charge on any atom is 0.204 e. The normalized spacial score (nSPS) is 11.0. The van der Waals surface area contributed by atoms with Gasteiger partial charge in [0.25, 0.3) is 0 Å². The summed E-state index contributed by atoms with van der Waals surface area (Å²) < 4.78 is 6.43. The number of benzene rings is 1. The van der Waals surface area contributed by atoms with Crippen molar-refractivity contribution in [1.82, 2.24) is 4.98 Å². The number of para-hydroxylation sites is 1. The van der Waals surface area contributed by atoms with Crippen LogP contribution in [0, 0.1) is 0 Å². The minimum absolute atomic E-state index is 0.0706. The van der Waals surface area contributed by atoms with Gasteiger partial charge in [-0.3, -0.25) is 4.79 Å². The van der Waals surface area contributed by atoms with Crippen molar-refractivity contribution in [2.75, 3.05) is 0 Å². The molecule has 1 aromatic carbocycles. The summed E-state index contributed by atoms with van der Waals surface area (Å²) in [7, 11) is 0. The maximum absolute atomic E-state index is 12.1. The lowest BCUT2D eigenvalue weighted by Gasteiger charge is -1.93. The molecule has 0 amide bonds. The zero-order chi connectivity index (χ0) is 13.2. The molecule has 0 aliphatic rings. The van der Waals surface area contributed by atoms with Crippen molar-refractivity contribution in [3.05, 3.63) is 52.9 Å². The van der Waals surface area contributed by atoms with Crippen LogP contribution in [0.2, 0.25) is 0 Å². The average Bonchev–Trinajstić information content (AvgIpc) is 3.04. The molecule has 0 radical (unpaired) electrons. The molecule has 0 atom stereocenters.